The predicted molar refractivity (Wildman–Crippen MR) is 114 cm³/mol. The molecule has 0 spiro atoms. The Morgan fingerprint density at radius 2 is 0.926 bits per heavy atom. The van der Waals surface area contributed by atoms with E-state index in [-0.39, 0.29) is 0 Å². The van der Waals surface area contributed by atoms with Gasteiger partial charge < -0.3 is 0 Å². The molecule has 0 fully saturated rings. The Balaban J connectivity index is 1.99. The highest BCUT2D eigenvalue weighted by Gasteiger charge is 2.33. The van der Waals surface area contributed by atoms with Gasteiger partial charge in [-0.05, 0) is 23.8 Å². The summed E-state index contributed by atoms with van der Waals surface area (Å²) in [5, 5.41) is 0. The van der Waals surface area contributed by atoms with E-state index < -0.39 is 0 Å². The van der Waals surface area contributed by atoms with Gasteiger partial charge >= 0.3 is 0 Å². The lowest BCUT2D eigenvalue weighted by Crippen LogP contribution is -2.32. The van der Waals surface area contributed by atoms with E-state index in [0.717, 1.165) is 5.56 Å². The number of aromatic nitrogens is 1. The van der Waals surface area contributed by atoms with Crippen LogP contribution in [0.25, 0.3) is 6.08 Å². The van der Waals surface area contributed by atoms with Crippen LogP contribution in [-0.4, -0.2) is 4.98 Å². The topological polar surface area (TPSA) is 12.9 Å². The van der Waals surface area contributed by atoms with Gasteiger partial charge in [0.2, 0.25) is 0 Å². The van der Waals surface area contributed by atoms with Gasteiger partial charge in [-0.15, -0.1) is 0 Å². The Kier molecular flexibility index (Phi) is 4.91. The molecule has 2 nitrogen and oxygen atoms in total. The van der Waals surface area contributed by atoms with Gasteiger partial charge in [0.05, 0.1) is 0 Å². The summed E-state index contributed by atoms with van der Waals surface area (Å²) in [7, 11) is 0. The molecule has 0 radical (unpaired) electrons. The third-order valence-electron chi connectivity index (χ3n) is 4.69. The Bertz CT molecular complexity index is 898. The zero-order valence-corrected chi connectivity index (χ0v) is 15.0. The molecule has 2 heteroatoms. The van der Waals surface area contributed by atoms with Gasteiger partial charge in [0.15, 0.2) is 0 Å². The molecule has 0 aliphatic heterocycles. The molecule has 0 atom stereocenters. The van der Waals surface area contributed by atoms with Crippen molar-refractivity contribution in [1.82, 2.24) is 9.47 Å². The molecule has 0 bridgehead atoms. The van der Waals surface area contributed by atoms with Crippen LogP contribution < -0.4 is 4.48 Å². The van der Waals surface area contributed by atoms with Crippen LogP contribution in [0.5, 0.6) is 0 Å². The van der Waals surface area contributed by atoms with E-state index in [1.165, 1.54) is 17.1 Å². The third kappa shape index (κ3) is 3.43. The van der Waals surface area contributed by atoms with Crippen molar-refractivity contribution in [2.24, 2.45) is 0 Å². The lowest BCUT2D eigenvalue weighted by molar-refractivity contribution is 0.692. The molecule has 3 aromatic carbocycles. The highest BCUT2D eigenvalue weighted by Crippen LogP contribution is 2.44. The molecule has 4 aromatic rings. The summed E-state index contributed by atoms with van der Waals surface area (Å²) in [6.45, 7) is 0. The molecule has 0 unspecified atom stereocenters. The SMILES string of the molecule is C(=C[N+](c1ccccc1)(c1ccccc1)c1ccccc1)c1ccncc1. The Morgan fingerprint density at radius 1 is 0.519 bits per heavy atom. The zero-order valence-electron chi connectivity index (χ0n) is 15.0. The standard InChI is InChI=1S/C25H21N2/c1-4-10-23(11-5-1)27(24-12-6-2-7-13-24,25-14-8-3-9-15-25)21-18-22-16-19-26-20-17-22/h1-21H/q+1. The Hall–Kier alpha value is -3.49. The van der Waals surface area contributed by atoms with E-state index in [1.54, 1.807) is 0 Å². The molecule has 0 aliphatic rings. The van der Waals surface area contributed by atoms with Crippen LogP contribution in [0, 0.1) is 0 Å². The molecule has 0 amide bonds. The van der Waals surface area contributed by atoms with Crippen molar-refractivity contribution in [2.75, 3.05) is 0 Å². The summed E-state index contributed by atoms with van der Waals surface area (Å²) >= 11 is 0. The van der Waals surface area contributed by atoms with E-state index in [1.807, 2.05) is 24.5 Å². The Morgan fingerprint density at radius 3 is 1.33 bits per heavy atom. The fourth-order valence-electron chi connectivity index (χ4n) is 3.37. The molecular weight excluding hydrogens is 328 g/mol. The van der Waals surface area contributed by atoms with Crippen LogP contribution in [0.1, 0.15) is 5.56 Å². The summed E-state index contributed by atoms with van der Waals surface area (Å²) in [6, 6.07) is 35.8. The smallest absolute Gasteiger partial charge is 0.147 e. The van der Waals surface area contributed by atoms with E-state index >= 15 is 0 Å². The molecule has 1 aromatic heterocycles. The maximum Gasteiger partial charge on any atom is 0.147 e. The van der Waals surface area contributed by atoms with Gasteiger partial charge in [0.1, 0.15) is 23.3 Å². The fourth-order valence-corrected chi connectivity index (χ4v) is 3.37. The lowest BCUT2D eigenvalue weighted by atomic mass is 10.1. The zero-order chi connectivity index (χ0) is 18.4. The summed E-state index contributed by atoms with van der Waals surface area (Å²) in [5.74, 6) is 0. The normalized spacial score (nSPS) is 11.6. The Labute approximate surface area is 160 Å². The number of nitrogens with zero attached hydrogens (tertiary/aromatic N) is 2. The third-order valence-corrected chi connectivity index (χ3v) is 4.69. The van der Waals surface area contributed by atoms with Crippen molar-refractivity contribution >= 4 is 23.1 Å². The van der Waals surface area contributed by atoms with E-state index in [4.69, 9.17) is 0 Å². The van der Waals surface area contributed by atoms with Crippen molar-refractivity contribution in [1.29, 1.82) is 0 Å². The van der Waals surface area contributed by atoms with Crippen molar-refractivity contribution < 1.29 is 0 Å². The first-order valence-electron chi connectivity index (χ1n) is 9.04. The number of hydrogen-bond acceptors (Lipinski definition) is 1. The first kappa shape index (κ1) is 17.0. The van der Waals surface area contributed by atoms with Crippen molar-refractivity contribution in [3.05, 3.63) is 127 Å². The summed E-state index contributed by atoms with van der Waals surface area (Å²) in [5.41, 5.74) is 4.66. The average molecular weight is 349 g/mol. The predicted octanol–water partition coefficient (Wildman–Crippen LogP) is 6.72. The molecule has 1 heterocycles. The highest BCUT2D eigenvalue weighted by atomic mass is 15.4. The van der Waals surface area contributed by atoms with Crippen molar-refractivity contribution in [3.8, 4) is 0 Å². The van der Waals surface area contributed by atoms with E-state index in [9.17, 15) is 0 Å². The number of benzene rings is 3. The second kappa shape index (κ2) is 7.81. The average Bonchev–Trinajstić information content (AvgIpc) is 2.77. The largest absolute Gasteiger partial charge is 0.265 e. The summed E-state index contributed by atoms with van der Waals surface area (Å²) in [4.78, 5) is 4.13. The maximum absolute atomic E-state index is 4.13. The number of rotatable bonds is 5. The van der Waals surface area contributed by atoms with Gasteiger partial charge in [-0.25, -0.2) is 4.48 Å². The number of pyridine rings is 1. The molecule has 0 saturated carbocycles. The molecule has 4 rings (SSSR count). The maximum atomic E-state index is 4.13. The van der Waals surface area contributed by atoms with Gasteiger partial charge in [-0.2, -0.15) is 0 Å². The molecule has 0 N–H and O–H groups in total. The number of para-hydroxylation sites is 3. The minimum absolute atomic E-state index is 0.505. The van der Waals surface area contributed by atoms with Crippen molar-refractivity contribution in [3.63, 3.8) is 0 Å². The van der Waals surface area contributed by atoms with E-state index in [0.29, 0.717) is 4.48 Å². The van der Waals surface area contributed by atoms with Crippen LogP contribution in [0.4, 0.5) is 17.1 Å². The van der Waals surface area contributed by atoms with Crippen LogP contribution in [0.3, 0.4) is 0 Å². The first-order chi connectivity index (χ1) is 13.4. The number of quaternary nitrogens is 1. The van der Waals surface area contributed by atoms with E-state index in [2.05, 4.69) is 108 Å². The molecule has 27 heavy (non-hydrogen) atoms. The van der Waals surface area contributed by atoms with Crippen LogP contribution >= 0.6 is 0 Å². The van der Waals surface area contributed by atoms with Crippen LogP contribution in [0.2, 0.25) is 0 Å². The monoisotopic (exact) mass is 349 g/mol. The van der Waals surface area contributed by atoms with Gasteiger partial charge in [-0.3, -0.25) is 4.98 Å². The quantitative estimate of drug-likeness (QED) is 0.364. The molecule has 0 saturated heterocycles. The fraction of sp³-hybridized carbons (Fsp3) is 0. The summed E-state index contributed by atoms with van der Waals surface area (Å²) < 4.78 is 0.505. The number of hydrogen-bond donors (Lipinski definition) is 0. The summed E-state index contributed by atoms with van der Waals surface area (Å²) in [6.07, 6.45) is 8.05. The highest BCUT2D eigenvalue weighted by molar-refractivity contribution is 5.75. The second-order valence-corrected chi connectivity index (χ2v) is 6.33. The minimum atomic E-state index is 0.505. The molecule has 0 aliphatic carbocycles. The van der Waals surface area contributed by atoms with Gasteiger partial charge in [0.25, 0.3) is 0 Å². The van der Waals surface area contributed by atoms with Crippen LogP contribution in [0.15, 0.2) is 122 Å². The molecular formula is C25H21N2+. The van der Waals surface area contributed by atoms with Crippen molar-refractivity contribution in [2.45, 2.75) is 0 Å². The van der Waals surface area contributed by atoms with Crippen LogP contribution in [-0.2, 0) is 0 Å². The van der Waals surface area contributed by atoms with Gasteiger partial charge in [-0.1, -0.05) is 54.6 Å². The minimum Gasteiger partial charge on any atom is -0.265 e. The molecule has 130 valence electrons. The first-order valence-corrected chi connectivity index (χ1v) is 9.04. The second-order valence-electron chi connectivity index (χ2n) is 6.33. The lowest BCUT2D eigenvalue weighted by Gasteiger charge is -2.33. The van der Waals surface area contributed by atoms with Gasteiger partial charge in [0, 0.05) is 48.8 Å².